The van der Waals surface area contributed by atoms with Crippen molar-refractivity contribution in [1.29, 1.82) is 0 Å². The summed E-state index contributed by atoms with van der Waals surface area (Å²) in [6.07, 6.45) is 69.5. The number of aliphatic hydroxyl groups excluding tert-OH is 3. The van der Waals surface area contributed by atoms with Gasteiger partial charge in [-0.1, -0.05) is 225 Å². The summed E-state index contributed by atoms with van der Waals surface area (Å²) in [5, 5.41) is 30.9. The number of hydrogen-bond donors (Lipinski definition) is 4. The van der Waals surface area contributed by atoms with Crippen LogP contribution in [0.5, 0.6) is 0 Å². The average Bonchev–Trinajstić information content (AvgIpc) is 3.46. The van der Waals surface area contributed by atoms with Crippen LogP contribution in [0.25, 0.3) is 0 Å². The predicted octanol–water partition coefficient (Wildman–Crippen LogP) is 15.6. The van der Waals surface area contributed by atoms with Crippen molar-refractivity contribution in [2.45, 2.75) is 256 Å². The van der Waals surface area contributed by atoms with E-state index in [-0.39, 0.29) is 19.6 Å². The molecule has 1 aliphatic rings. The van der Waals surface area contributed by atoms with E-state index in [1.807, 2.05) is 0 Å². The Labute approximate surface area is 474 Å². The molecular weight excluding hydrogens is 1000 g/mol. The van der Waals surface area contributed by atoms with E-state index in [2.05, 4.69) is 140 Å². The van der Waals surface area contributed by atoms with Crippen molar-refractivity contribution in [3.8, 4) is 0 Å². The fourth-order valence-electron chi connectivity index (χ4n) is 8.54. The molecule has 446 valence electrons. The number of rotatable bonds is 52. The molecule has 0 amide bonds. The number of carbonyl (C=O) groups is 1. The fraction of sp³-hybridized carbons (Fsp3) is 0.677. The molecule has 1 rings (SSSR count). The smallest absolute Gasteiger partial charge is 0.397 e. The maximum Gasteiger partial charge on any atom is 0.397 e. The third-order valence-electron chi connectivity index (χ3n) is 13.1. The van der Waals surface area contributed by atoms with Crippen molar-refractivity contribution in [3.63, 3.8) is 0 Å². The van der Waals surface area contributed by atoms with Gasteiger partial charge >= 0.3 is 16.4 Å². The van der Waals surface area contributed by atoms with Crippen LogP contribution in [0.4, 0.5) is 0 Å². The molecule has 1 fully saturated rings. The lowest BCUT2D eigenvalue weighted by molar-refractivity contribution is -0.301. The number of aliphatic hydroxyl groups is 3. The second-order valence-corrected chi connectivity index (χ2v) is 21.3. The third kappa shape index (κ3) is 46.3. The first kappa shape index (κ1) is 72.5. The van der Waals surface area contributed by atoms with E-state index >= 15 is 0 Å². The minimum Gasteiger partial charge on any atom is -0.457 e. The van der Waals surface area contributed by atoms with E-state index in [0.29, 0.717) is 13.0 Å². The average molecular weight is 1110 g/mol. The molecule has 0 spiro atoms. The Hall–Kier alpha value is -3.50. The highest BCUT2D eigenvalue weighted by atomic mass is 32.3. The van der Waals surface area contributed by atoms with E-state index in [1.165, 1.54) is 89.9 Å². The highest BCUT2D eigenvalue weighted by Gasteiger charge is 2.48. The SMILES string of the molecule is CC/C=C\C/C=C\C/C=C\C/C=C\C/C=C\C/C=C\C/C=C\CCCCCC(=O)OC(COCCCCCCCCCCCCC/C=C\C/C=C\C/C=C\CCCCCCC)COC1OC(CO)C(O)C(OS(=O)(=O)O)C1O. The minimum absolute atomic E-state index is 0.0121. The lowest BCUT2D eigenvalue weighted by atomic mass is 9.99. The van der Waals surface area contributed by atoms with Gasteiger partial charge in [0.1, 0.15) is 30.5 Å². The summed E-state index contributed by atoms with van der Waals surface area (Å²) in [6.45, 7) is 3.82. The molecule has 1 aliphatic heterocycles. The van der Waals surface area contributed by atoms with Gasteiger partial charge in [-0.3, -0.25) is 9.35 Å². The normalized spacial score (nSPS) is 19.3. The maximum atomic E-state index is 13.0. The number of carbonyl (C=O) groups excluding carboxylic acids is 1. The Kier molecular flexibility index (Phi) is 50.3. The largest absolute Gasteiger partial charge is 0.457 e. The van der Waals surface area contributed by atoms with Crippen molar-refractivity contribution in [2.24, 2.45) is 0 Å². The summed E-state index contributed by atoms with van der Waals surface area (Å²) >= 11 is 0. The van der Waals surface area contributed by atoms with Gasteiger partial charge in [0.15, 0.2) is 6.29 Å². The van der Waals surface area contributed by atoms with Crippen molar-refractivity contribution in [3.05, 3.63) is 122 Å². The zero-order valence-corrected chi connectivity index (χ0v) is 49.2. The van der Waals surface area contributed by atoms with Crippen LogP contribution in [0.15, 0.2) is 122 Å². The Morgan fingerprint density at radius 1 is 0.500 bits per heavy atom. The molecule has 12 nitrogen and oxygen atoms in total. The third-order valence-corrected chi connectivity index (χ3v) is 13.5. The van der Waals surface area contributed by atoms with E-state index in [9.17, 15) is 33.1 Å². The van der Waals surface area contributed by atoms with Crippen molar-refractivity contribution >= 4 is 16.4 Å². The van der Waals surface area contributed by atoms with Crippen LogP contribution in [0, 0.1) is 0 Å². The Bertz CT molecular complexity index is 1810. The van der Waals surface area contributed by atoms with E-state index in [1.54, 1.807) is 0 Å². The molecule has 0 bridgehead atoms. The van der Waals surface area contributed by atoms with Gasteiger partial charge in [-0.2, -0.15) is 8.42 Å². The summed E-state index contributed by atoms with van der Waals surface area (Å²) in [7, 11) is -5.08. The maximum absolute atomic E-state index is 13.0. The van der Waals surface area contributed by atoms with Crippen LogP contribution in [0.1, 0.15) is 219 Å². The molecule has 4 N–H and O–H groups in total. The molecule has 0 radical (unpaired) electrons. The lowest BCUT2D eigenvalue weighted by Crippen LogP contribution is -2.60. The highest BCUT2D eigenvalue weighted by molar-refractivity contribution is 7.80. The van der Waals surface area contributed by atoms with Gasteiger partial charge in [0.25, 0.3) is 0 Å². The first-order valence-electron chi connectivity index (χ1n) is 30.3. The predicted molar refractivity (Wildman–Crippen MR) is 321 cm³/mol. The topological polar surface area (TPSA) is 178 Å². The molecule has 6 atom stereocenters. The molecule has 1 saturated heterocycles. The molecule has 0 aromatic carbocycles. The monoisotopic (exact) mass is 1110 g/mol. The van der Waals surface area contributed by atoms with E-state index < -0.39 is 59.8 Å². The molecular formula is C65H108O12S. The summed E-state index contributed by atoms with van der Waals surface area (Å²) in [5.41, 5.74) is 0. The quantitative estimate of drug-likeness (QED) is 0.0196. The van der Waals surface area contributed by atoms with Gasteiger partial charge in [0.05, 0.1) is 19.8 Å². The Morgan fingerprint density at radius 2 is 0.885 bits per heavy atom. The van der Waals surface area contributed by atoms with E-state index in [4.69, 9.17) is 18.9 Å². The molecule has 0 aromatic rings. The van der Waals surface area contributed by atoms with Crippen LogP contribution >= 0.6 is 0 Å². The van der Waals surface area contributed by atoms with Crippen LogP contribution in [-0.2, 0) is 38.3 Å². The first-order valence-corrected chi connectivity index (χ1v) is 31.7. The van der Waals surface area contributed by atoms with Crippen LogP contribution < -0.4 is 0 Å². The fourth-order valence-corrected chi connectivity index (χ4v) is 9.05. The highest BCUT2D eigenvalue weighted by Crippen LogP contribution is 2.26. The molecule has 1 heterocycles. The minimum atomic E-state index is -5.08. The molecule has 0 aliphatic carbocycles. The van der Waals surface area contributed by atoms with Gasteiger partial charge in [0, 0.05) is 13.0 Å². The second kappa shape index (κ2) is 54.1. The molecule has 0 aromatic heterocycles. The van der Waals surface area contributed by atoms with Gasteiger partial charge in [-0.15, -0.1) is 0 Å². The number of esters is 1. The van der Waals surface area contributed by atoms with Crippen LogP contribution in [-0.4, -0.2) is 97.5 Å². The number of hydrogen-bond acceptors (Lipinski definition) is 11. The zero-order valence-electron chi connectivity index (χ0n) is 48.4. The number of allylic oxidation sites excluding steroid dienone is 20. The zero-order chi connectivity index (χ0) is 56.7. The van der Waals surface area contributed by atoms with Crippen LogP contribution in [0.2, 0.25) is 0 Å². The van der Waals surface area contributed by atoms with Gasteiger partial charge in [-0.25, -0.2) is 4.18 Å². The van der Waals surface area contributed by atoms with Gasteiger partial charge < -0.3 is 34.3 Å². The van der Waals surface area contributed by atoms with E-state index in [0.717, 1.165) is 103 Å². The molecule has 6 unspecified atom stereocenters. The Balaban J connectivity index is 2.33. The summed E-state index contributed by atoms with van der Waals surface area (Å²) in [4.78, 5) is 13.0. The second-order valence-electron chi connectivity index (χ2n) is 20.2. The van der Waals surface area contributed by atoms with Gasteiger partial charge in [-0.05, 0) is 109 Å². The summed E-state index contributed by atoms with van der Waals surface area (Å²) < 4.78 is 59.5. The molecule has 13 heteroatoms. The Morgan fingerprint density at radius 3 is 1.29 bits per heavy atom. The first-order chi connectivity index (χ1) is 38.1. The molecule has 78 heavy (non-hydrogen) atoms. The standard InChI is InChI=1S/C65H108O12S/c1-3-5-7-9-11-13-15-17-19-21-23-25-27-29-31-33-35-37-39-41-43-45-47-49-51-53-55-73-57-59(58-74-65-63(69)64(77-78(70,71)72)62(68)60(56-66)76-65)75-61(67)54-52-50-48-46-44-42-40-38-36-34-32-30-28-26-24-22-20-18-16-14-12-10-8-6-4-2/h6,8,12,14-15,17-18,20-21,23-24,26-27,29-30,32,36,38,42,44,59-60,62-66,68-69H,3-5,7,9-11,13,16,19,22,25,28,31,33-35,37,39-41,43,45-58H2,1-2H3,(H,70,71,72)/b8-6-,14-12-,17-15-,20-18-,23-21-,26-24-,29-27-,32-30-,38-36-,44-42-. The van der Waals surface area contributed by atoms with Crippen molar-refractivity contribution < 1.29 is 56.2 Å². The number of ether oxygens (including phenoxy) is 4. The lowest BCUT2D eigenvalue weighted by Gasteiger charge is -2.41. The molecule has 0 saturated carbocycles. The number of unbranched alkanes of at least 4 members (excludes halogenated alkanes) is 19. The van der Waals surface area contributed by atoms with Crippen molar-refractivity contribution in [2.75, 3.05) is 26.4 Å². The van der Waals surface area contributed by atoms with Crippen LogP contribution in [0.3, 0.4) is 0 Å². The van der Waals surface area contributed by atoms with Gasteiger partial charge in [0.2, 0.25) is 0 Å². The van der Waals surface area contributed by atoms with Crippen molar-refractivity contribution in [1.82, 2.24) is 0 Å². The summed E-state index contributed by atoms with van der Waals surface area (Å²) in [5.74, 6) is -0.435. The summed E-state index contributed by atoms with van der Waals surface area (Å²) in [6, 6.07) is 0.